The van der Waals surface area contributed by atoms with E-state index in [4.69, 9.17) is 5.26 Å². The lowest BCUT2D eigenvalue weighted by atomic mass is 10.2. The van der Waals surface area contributed by atoms with E-state index in [2.05, 4.69) is 16.4 Å². The Bertz CT molecular complexity index is 510. The first-order chi connectivity index (χ1) is 8.29. The Labute approximate surface area is 101 Å². The maximum absolute atomic E-state index is 9.10. The number of rotatable bonds is 4. The smallest absolute Gasteiger partial charge is 0.140 e. The second-order valence-electron chi connectivity index (χ2n) is 3.89. The number of imidazole rings is 1. The van der Waals surface area contributed by atoms with E-state index in [0.29, 0.717) is 6.54 Å². The van der Waals surface area contributed by atoms with Gasteiger partial charge in [0.15, 0.2) is 0 Å². The van der Waals surface area contributed by atoms with Gasteiger partial charge in [-0.25, -0.2) is 4.98 Å². The lowest BCUT2D eigenvalue weighted by Gasteiger charge is -2.08. The molecule has 0 saturated heterocycles. The Morgan fingerprint density at radius 1 is 1.41 bits per heavy atom. The predicted octanol–water partition coefficient (Wildman–Crippen LogP) is 1.77. The summed E-state index contributed by atoms with van der Waals surface area (Å²) >= 11 is 0. The van der Waals surface area contributed by atoms with Crippen LogP contribution in [0.4, 0.5) is 0 Å². The van der Waals surface area contributed by atoms with E-state index in [1.54, 1.807) is 6.33 Å². The van der Waals surface area contributed by atoms with E-state index in [1.165, 1.54) is 0 Å². The first-order valence-corrected chi connectivity index (χ1v) is 5.44. The molecule has 0 aliphatic rings. The van der Waals surface area contributed by atoms with Gasteiger partial charge in [-0.3, -0.25) is 5.32 Å². The van der Waals surface area contributed by atoms with E-state index >= 15 is 0 Å². The molecule has 0 amide bonds. The van der Waals surface area contributed by atoms with Crippen LogP contribution >= 0.6 is 0 Å². The van der Waals surface area contributed by atoms with Crippen LogP contribution in [-0.4, -0.2) is 9.55 Å². The lowest BCUT2D eigenvalue weighted by molar-refractivity contribution is 0.618. The normalized spacial score (nSPS) is 12.0. The molecule has 1 aromatic carbocycles. The summed E-state index contributed by atoms with van der Waals surface area (Å²) in [5.74, 6) is 0. The fourth-order valence-electron chi connectivity index (χ4n) is 1.61. The lowest BCUT2D eigenvalue weighted by Crippen LogP contribution is -2.19. The van der Waals surface area contributed by atoms with Crippen LogP contribution in [-0.2, 0) is 13.6 Å². The molecule has 1 N–H and O–H groups in total. The zero-order valence-electron chi connectivity index (χ0n) is 9.67. The largest absolute Gasteiger partial charge is 0.340 e. The van der Waals surface area contributed by atoms with Crippen LogP contribution in [0.5, 0.6) is 0 Å². The van der Waals surface area contributed by atoms with Crippen LogP contribution in [0.15, 0.2) is 42.9 Å². The van der Waals surface area contributed by atoms with Crippen molar-refractivity contribution < 1.29 is 0 Å². The number of nitrogens with one attached hydrogen (secondary N) is 1. The van der Waals surface area contributed by atoms with Gasteiger partial charge in [0.2, 0.25) is 0 Å². The summed E-state index contributed by atoms with van der Waals surface area (Å²) in [6, 6.07) is 11.9. The minimum atomic E-state index is -0.364. The van der Waals surface area contributed by atoms with Gasteiger partial charge in [-0.1, -0.05) is 30.3 Å². The molecular formula is C13H14N4. The number of nitrogens with zero attached hydrogens (tertiary/aromatic N) is 3. The van der Waals surface area contributed by atoms with Crippen LogP contribution in [0.3, 0.4) is 0 Å². The molecule has 1 atom stereocenters. The molecule has 17 heavy (non-hydrogen) atoms. The maximum atomic E-state index is 9.10. The minimum absolute atomic E-state index is 0.364. The molecular weight excluding hydrogens is 212 g/mol. The summed E-state index contributed by atoms with van der Waals surface area (Å²) in [5.41, 5.74) is 1.91. The molecule has 0 aliphatic heterocycles. The van der Waals surface area contributed by atoms with Crippen molar-refractivity contribution in [1.82, 2.24) is 14.9 Å². The predicted molar refractivity (Wildman–Crippen MR) is 64.8 cm³/mol. The van der Waals surface area contributed by atoms with Crippen molar-refractivity contribution in [2.24, 2.45) is 7.05 Å². The topological polar surface area (TPSA) is 53.6 Å². The van der Waals surface area contributed by atoms with Gasteiger partial charge >= 0.3 is 0 Å². The average molecular weight is 226 g/mol. The molecule has 86 valence electrons. The Morgan fingerprint density at radius 2 is 2.18 bits per heavy atom. The van der Waals surface area contributed by atoms with Crippen LogP contribution in [0.25, 0.3) is 0 Å². The first-order valence-electron chi connectivity index (χ1n) is 5.44. The van der Waals surface area contributed by atoms with Gasteiger partial charge in [0.1, 0.15) is 6.04 Å². The highest BCUT2D eigenvalue weighted by atomic mass is 15.0. The van der Waals surface area contributed by atoms with Gasteiger partial charge in [-0.05, 0) is 5.56 Å². The quantitative estimate of drug-likeness (QED) is 0.864. The first kappa shape index (κ1) is 11.4. The number of hydrogen-bond acceptors (Lipinski definition) is 3. The summed E-state index contributed by atoms with van der Waals surface area (Å²) in [4.78, 5) is 4.18. The van der Waals surface area contributed by atoms with E-state index in [-0.39, 0.29) is 6.04 Å². The van der Waals surface area contributed by atoms with Crippen molar-refractivity contribution in [2.45, 2.75) is 12.6 Å². The Kier molecular flexibility index (Phi) is 3.53. The number of aromatic nitrogens is 2. The standard InChI is InChI=1S/C13H14N4/c1-17-9-13(16-10-17)12(7-14)15-8-11-5-3-2-4-6-11/h2-6,9-10,12,15H,8H2,1H3. The molecule has 0 aliphatic carbocycles. The average Bonchev–Trinajstić information content (AvgIpc) is 2.78. The number of nitriles is 1. The van der Waals surface area contributed by atoms with Crippen molar-refractivity contribution >= 4 is 0 Å². The molecule has 0 bridgehead atoms. The zero-order chi connectivity index (χ0) is 12.1. The molecule has 4 heteroatoms. The molecule has 1 heterocycles. The summed E-state index contributed by atoms with van der Waals surface area (Å²) in [6.07, 6.45) is 3.55. The van der Waals surface area contributed by atoms with Crippen molar-refractivity contribution in [2.75, 3.05) is 0 Å². The SMILES string of the molecule is Cn1cnc(C(C#N)NCc2ccccc2)c1. The second-order valence-corrected chi connectivity index (χ2v) is 3.89. The van der Waals surface area contributed by atoms with Crippen molar-refractivity contribution in [3.05, 3.63) is 54.1 Å². The van der Waals surface area contributed by atoms with E-state index < -0.39 is 0 Å². The molecule has 4 nitrogen and oxygen atoms in total. The Balaban J connectivity index is 2.00. The van der Waals surface area contributed by atoms with Crippen LogP contribution in [0.2, 0.25) is 0 Å². The molecule has 0 spiro atoms. The summed E-state index contributed by atoms with van der Waals surface area (Å²) in [7, 11) is 1.89. The summed E-state index contributed by atoms with van der Waals surface area (Å²) < 4.78 is 1.84. The van der Waals surface area contributed by atoms with Crippen LogP contribution in [0.1, 0.15) is 17.3 Å². The van der Waals surface area contributed by atoms with Gasteiger partial charge in [0, 0.05) is 19.8 Å². The van der Waals surface area contributed by atoms with Crippen LogP contribution in [0, 0.1) is 11.3 Å². The number of hydrogen-bond donors (Lipinski definition) is 1. The molecule has 2 aromatic rings. The maximum Gasteiger partial charge on any atom is 0.140 e. The Hall–Kier alpha value is -2.12. The molecule has 1 unspecified atom stereocenters. The summed E-state index contributed by atoms with van der Waals surface area (Å²) in [6.45, 7) is 0.662. The van der Waals surface area contributed by atoms with Crippen molar-refractivity contribution in [3.63, 3.8) is 0 Å². The number of aryl methyl sites for hydroxylation is 1. The second kappa shape index (κ2) is 5.28. The molecule has 0 fully saturated rings. The monoisotopic (exact) mass is 226 g/mol. The van der Waals surface area contributed by atoms with Gasteiger partial charge in [0.25, 0.3) is 0 Å². The fourth-order valence-corrected chi connectivity index (χ4v) is 1.61. The van der Waals surface area contributed by atoms with Gasteiger partial charge in [-0.2, -0.15) is 5.26 Å². The molecule has 1 aromatic heterocycles. The zero-order valence-corrected chi connectivity index (χ0v) is 9.67. The van der Waals surface area contributed by atoms with Crippen molar-refractivity contribution in [1.29, 1.82) is 5.26 Å². The van der Waals surface area contributed by atoms with Gasteiger partial charge in [0.05, 0.1) is 18.1 Å². The van der Waals surface area contributed by atoms with Crippen LogP contribution < -0.4 is 5.32 Å². The third-order valence-electron chi connectivity index (χ3n) is 2.50. The highest BCUT2D eigenvalue weighted by molar-refractivity contribution is 5.17. The highest BCUT2D eigenvalue weighted by Gasteiger charge is 2.11. The molecule has 2 rings (SSSR count). The Morgan fingerprint density at radius 3 is 2.76 bits per heavy atom. The fraction of sp³-hybridized carbons (Fsp3) is 0.231. The van der Waals surface area contributed by atoms with E-state index in [9.17, 15) is 0 Å². The molecule has 0 saturated carbocycles. The summed E-state index contributed by atoms with van der Waals surface area (Å²) in [5, 5.41) is 12.3. The van der Waals surface area contributed by atoms with E-state index in [1.807, 2.05) is 48.1 Å². The minimum Gasteiger partial charge on any atom is -0.340 e. The third kappa shape index (κ3) is 2.92. The van der Waals surface area contributed by atoms with Gasteiger partial charge in [-0.15, -0.1) is 0 Å². The van der Waals surface area contributed by atoms with E-state index in [0.717, 1.165) is 11.3 Å². The van der Waals surface area contributed by atoms with Gasteiger partial charge < -0.3 is 4.57 Å². The number of benzene rings is 1. The van der Waals surface area contributed by atoms with Crippen molar-refractivity contribution in [3.8, 4) is 6.07 Å². The molecule has 0 radical (unpaired) electrons. The third-order valence-corrected chi connectivity index (χ3v) is 2.50. The highest BCUT2D eigenvalue weighted by Crippen LogP contribution is 2.09.